The van der Waals surface area contributed by atoms with Gasteiger partial charge in [-0.25, -0.2) is 9.78 Å². The summed E-state index contributed by atoms with van der Waals surface area (Å²) in [6.45, 7) is 3.19. The minimum absolute atomic E-state index is 0.00476. The SMILES string of the molecule is CCOC(=O)c1oc2ccccc2c1CSc1nc2ccccc2c(=O)n1C[C@H]1CCCO1. The van der Waals surface area contributed by atoms with E-state index in [0.29, 0.717) is 40.5 Å². The Labute approximate surface area is 194 Å². The van der Waals surface area contributed by atoms with Crippen LogP contribution >= 0.6 is 11.8 Å². The van der Waals surface area contributed by atoms with E-state index >= 15 is 0 Å². The van der Waals surface area contributed by atoms with Crippen LogP contribution in [-0.2, 0) is 21.8 Å². The average Bonchev–Trinajstić information content (AvgIpc) is 3.48. The lowest BCUT2D eigenvalue weighted by molar-refractivity contribution is 0.0491. The summed E-state index contributed by atoms with van der Waals surface area (Å²) < 4.78 is 18.5. The zero-order valence-electron chi connectivity index (χ0n) is 18.3. The van der Waals surface area contributed by atoms with Gasteiger partial charge in [0, 0.05) is 23.3 Å². The minimum Gasteiger partial charge on any atom is -0.460 e. The molecule has 1 aliphatic rings. The first-order chi connectivity index (χ1) is 16.2. The van der Waals surface area contributed by atoms with Crippen molar-refractivity contribution >= 4 is 39.6 Å². The summed E-state index contributed by atoms with van der Waals surface area (Å²) in [5.41, 5.74) is 1.93. The van der Waals surface area contributed by atoms with E-state index < -0.39 is 5.97 Å². The maximum absolute atomic E-state index is 13.3. The molecule has 2 aromatic heterocycles. The molecule has 170 valence electrons. The number of ether oxygens (including phenoxy) is 2. The van der Waals surface area contributed by atoms with Crippen LogP contribution in [0.25, 0.3) is 21.9 Å². The van der Waals surface area contributed by atoms with Gasteiger partial charge < -0.3 is 13.9 Å². The van der Waals surface area contributed by atoms with Crippen molar-refractivity contribution in [3.63, 3.8) is 0 Å². The Morgan fingerprint density at radius 3 is 2.76 bits per heavy atom. The number of fused-ring (bicyclic) bond motifs is 2. The van der Waals surface area contributed by atoms with Crippen LogP contribution in [0.3, 0.4) is 0 Å². The number of rotatable bonds is 7. The van der Waals surface area contributed by atoms with E-state index in [1.165, 1.54) is 11.8 Å². The van der Waals surface area contributed by atoms with E-state index in [4.69, 9.17) is 18.9 Å². The molecule has 0 N–H and O–H groups in total. The molecule has 0 radical (unpaired) electrons. The highest BCUT2D eigenvalue weighted by Crippen LogP contribution is 2.32. The second-order valence-corrected chi connectivity index (χ2v) is 8.82. The third-order valence-corrected chi connectivity index (χ3v) is 6.74. The highest BCUT2D eigenvalue weighted by atomic mass is 32.2. The third-order valence-electron chi connectivity index (χ3n) is 5.74. The summed E-state index contributed by atoms with van der Waals surface area (Å²) in [5, 5.41) is 2.02. The third kappa shape index (κ3) is 4.28. The molecule has 1 aliphatic heterocycles. The number of thioether (sulfide) groups is 1. The predicted molar refractivity (Wildman–Crippen MR) is 127 cm³/mol. The summed E-state index contributed by atoms with van der Waals surface area (Å²) in [5.74, 6) is 0.105. The fraction of sp³-hybridized carbons (Fsp3) is 0.320. The molecule has 2 aromatic carbocycles. The number of carbonyl (C=O) groups is 1. The lowest BCUT2D eigenvalue weighted by atomic mass is 10.1. The lowest BCUT2D eigenvalue weighted by Gasteiger charge is -2.16. The molecule has 4 aromatic rings. The van der Waals surface area contributed by atoms with Gasteiger partial charge in [-0.15, -0.1) is 0 Å². The Bertz CT molecular complexity index is 1370. The van der Waals surface area contributed by atoms with Crippen LogP contribution < -0.4 is 5.56 Å². The van der Waals surface area contributed by atoms with Crippen molar-refractivity contribution in [2.75, 3.05) is 13.2 Å². The normalized spacial score (nSPS) is 16.0. The molecule has 1 atom stereocenters. The van der Waals surface area contributed by atoms with Gasteiger partial charge in [-0.1, -0.05) is 42.1 Å². The quantitative estimate of drug-likeness (QED) is 0.221. The van der Waals surface area contributed by atoms with E-state index in [-0.39, 0.29) is 24.0 Å². The van der Waals surface area contributed by atoms with Crippen LogP contribution in [-0.4, -0.2) is 34.8 Å². The van der Waals surface area contributed by atoms with E-state index in [2.05, 4.69) is 0 Å². The number of para-hydroxylation sites is 2. The molecular formula is C25H24N2O5S. The zero-order valence-corrected chi connectivity index (χ0v) is 19.1. The van der Waals surface area contributed by atoms with Crippen LogP contribution in [0.1, 0.15) is 35.9 Å². The maximum Gasteiger partial charge on any atom is 0.374 e. The summed E-state index contributed by atoms with van der Waals surface area (Å²) in [4.78, 5) is 30.7. The molecule has 7 nitrogen and oxygen atoms in total. The van der Waals surface area contributed by atoms with Crippen LogP contribution in [0.4, 0.5) is 0 Å². The molecule has 0 saturated carbocycles. The minimum atomic E-state index is -0.493. The first-order valence-corrected chi connectivity index (χ1v) is 12.1. The van der Waals surface area contributed by atoms with Crippen molar-refractivity contribution in [2.45, 2.75) is 43.3 Å². The van der Waals surface area contributed by atoms with E-state index in [0.717, 1.165) is 23.8 Å². The fourth-order valence-electron chi connectivity index (χ4n) is 4.15. The first kappa shape index (κ1) is 21.7. The lowest BCUT2D eigenvalue weighted by Crippen LogP contribution is -2.28. The average molecular weight is 465 g/mol. The molecule has 0 unspecified atom stereocenters. The molecule has 0 aliphatic carbocycles. The molecule has 5 rings (SSSR count). The number of hydrogen-bond donors (Lipinski definition) is 0. The van der Waals surface area contributed by atoms with E-state index in [1.807, 2.05) is 42.5 Å². The fourth-order valence-corrected chi connectivity index (χ4v) is 5.19. The highest BCUT2D eigenvalue weighted by molar-refractivity contribution is 7.98. The number of aromatic nitrogens is 2. The topological polar surface area (TPSA) is 83.6 Å². The van der Waals surface area contributed by atoms with E-state index in [9.17, 15) is 9.59 Å². The Morgan fingerprint density at radius 1 is 1.18 bits per heavy atom. The van der Waals surface area contributed by atoms with Gasteiger partial charge in [0.2, 0.25) is 5.76 Å². The zero-order chi connectivity index (χ0) is 22.8. The van der Waals surface area contributed by atoms with Crippen molar-refractivity contribution in [1.29, 1.82) is 0 Å². The maximum atomic E-state index is 13.3. The molecule has 0 spiro atoms. The van der Waals surface area contributed by atoms with Gasteiger partial charge in [0.05, 0.1) is 30.2 Å². The first-order valence-electron chi connectivity index (χ1n) is 11.1. The second-order valence-electron chi connectivity index (χ2n) is 7.88. The molecule has 0 bridgehead atoms. The predicted octanol–water partition coefficient (Wildman–Crippen LogP) is 4.79. The molecule has 3 heterocycles. The van der Waals surface area contributed by atoms with Gasteiger partial charge in [0.15, 0.2) is 5.16 Å². The molecular weight excluding hydrogens is 440 g/mol. The summed E-state index contributed by atoms with van der Waals surface area (Å²) in [7, 11) is 0. The number of carbonyl (C=O) groups excluding carboxylic acids is 1. The molecule has 8 heteroatoms. The number of esters is 1. The second kappa shape index (κ2) is 9.41. The smallest absolute Gasteiger partial charge is 0.374 e. The van der Waals surface area contributed by atoms with Gasteiger partial charge in [-0.05, 0) is 38.0 Å². The van der Waals surface area contributed by atoms with Crippen molar-refractivity contribution in [3.05, 3.63) is 70.2 Å². The number of nitrogens with zero attached hydrogens (tertiary/aromatic N) is 2. The highest BCUT2D eigenvalue weighted by Gasteiger charge is 2.24. The number of hydrogen-bond acceptors (Lipinski definition) is 7. The standard InChI is InChI=1S/C25H24N2O5S/c1-2-30-24(29)22-19(17-9-4-6-12-21(17)32-22)15-33-25-26-20-11-5-3-10-18(20)23(28)27(25)14-16-8-7-13-31-16/h3-6,9-12,16H,2,7-8,13-15H2,1H3/t16-/m1/s1. The van der Waals surface area contributed by atoms with Crippen LogP contribution in [0.2, 0.25) is 0 Å². The van der Waals surface area contributed by atoms with Crippen molar-refractivity contribution < 1.29 is 18.7 Å². The summed E-state index contributed by atoms with van der Waals surface area (Å²) in [6.07, 6.45) is 1.91. The Morgan fingerprint density at radius 2 is 1.97 bits per heavy atom. The van der Waals surface area contributed by atoms with Gasteiger partial charge in [0.25, 0.3) is 5.56 Å². The Balaban J connectivity index is 1.54. The number of benzene rings is 2. The molecule has 0 amide bonds. The molecule has 1 fully saturated rings. The monoisotopic (exact) mass is 464 g/mol. The van der Waals surface area contributed by atoms with Crippen LogP contribution in [0, 0.1) is 0 Å². The number of furan rings is 1. The Kier molecular flexibility index (Phi) is 6.20. The Hall–Kier alpha value is -3.10. The van der Waals surface area contributed by atoms with E-state index in [1.54, 1.807) is 17.6 Å². The van der Waals surface area contributed by atoms with Crippen LogP contribution in [0.5, 0.6) is 0 Å². The molecule has 33 heavy (non-hydrogen) atoms. The molecule has 1 saturated heterocycles. The van der Waals surface area contributed by atoms with Gasteiger partial charge in [-0.2, -0.15) is 0 Å². The van der Waals surface area contributed by atoms with Gasteiger partial charge in [-0.3, -0.25) is 9.36 Å². The largest absolute Gasteiger partial charge is 0.460 e. The van der Waals surface area contributed by atoms with Gasteiger partial charge >= 0.3 is 5.97 Å². The van der Waals surface area contributed by atoms with Crippen molar-refractivity contribution in [3.8, 4) is 0 Å². The van der Waals surface area contributed by atoms with Crippen molar-refractivity contribution in [2.24, 2.45) is 0 Å². The summed E-state index contributed by atoms with van der Waals surface area (Å²) in [6, 6.07) is 14.9. The summed E-state index contributed by atoms with van der Waals surface area (Å²) >= 11 is 1.41. The van der Waals surface area contributed by atoms with Crippen LogP contribution in [0.15, 0.2) is 62.9 Å². The van der Waals surface area contributed by atoms with Crippen molar-refractivity contribution in [1.82, 2.24) is 9.55 Å². The van der Waals surface area contributed by atoms with Gasteiger partial charge in [0.1, 0.15) is 5.58 Å².